The van der Waals surface area contributed by atoms with Crippen molar-refractivity contribution in [3.05, 3.63) is 35.4 Å². The molecule has 0 spiro atoms. The van der Waals surface area contributed by atoms with Gasteiger partial charge in [-0.3, -0.25) is 9.59 Å². The highest BCUT2D eigenvalue weighted by Gasteiger charge is 2.35. The summed E-state index contributed by atoms with van der Waals surface area (Å²) in [6, 6.07) is 6.52. The van der Waals surface area contributed by atoms with Gasteiger partial charge in [-0.05, 0) is 17.5 Å². The molecular formula is C15H15F3N2O2. The van der Waals surface area contributed by atoms with Gasteiger partial charge in [0.15, 0.2) is 11.7 Å². The Balaban J connectivity index is 3.00. The number of alkyl halides is 3. The topological polar surface area (TPSA) is 70.0 Å². The van der Waals surface area contributed by atoms with E-state index >= 15 is 0 Å². The Bertz CT molecular complexity index is 606. The number of carbonyl (C=O) groups excluding carboxylic acids is 2. The summed E-state index contributed by atoms with van der Waals surface area (Å²) in [6.45, 7) is 1.46. The van der Waals surface area contributed by atoms with Crippen molar-refractivity contribution in [3.8, 4) is 6.07 Å². The first kappa shape index (κ1) is 17.7. The molecular weight excluding hydrogens is 297 g/mol. The molecule has 0 saturated carbocycles. The van der Waals surface area contributed by atoms with E-state index in [9.17, 15) is 22.8 Å². The third-order valence-corrected chi connectivity index (χ3v) is 3.26. The minimum absolute atomic E-state index is 0.0306. The summed E-state index contributed by atoms with van der Waals surface area (Å²) in [7, 11) is 1.28. The van der Waals surface area contributed by atoms with Crippen LogP contribution in [0.3, 0.4) is 0 Å². The van der Waals surface area contributed by atoms with Crippen molar-refractivity contribution >= 4 is 11.7 Å². The molecule has 0 aliphatic carbocycles. The molecule has 0 aliphatic heterocycles. The highest BCUT2D eigenvalue weighted by atomic mass is 19.4. The molecule has 118 valence electrons. The summed E-state index contributed by atoms with van der Waals surface area (Å²) in [4.78, 5) is 23.3. The van der Waals surface area contributed by atoms with E-state index < -0.39 is 35.3 Å². The van der Waals surface area contributed by atoms with E-state index in [0.717, 1.165) is 6.07 Å². The maximum atomic E-state index is 13.0. The molecule has 1 amide bonds. The van der Waals surface area contributed by atoms with Gasteiger partial charge in [-0.2, -0.15) is 18.4 Å². The van der Waals surface area contributed by atoms with Crippen LogP contribution in [-0.2, 0) is 15.8 Å². The zero-order chi connectivity index (χ0) is 16.9. The highest BCUT2D eigenvalue weighted by molar-refractivity contribution is 6.04. The first-order chi connectivity index (χ1) is 10.2. The second-order valence-electron chi connectivity index (χ2n) is 4.83. The van der Waals surface area contributed by atoms with Gasteiger partial charge in [0, 0.05) is 13.5 Å². The Morgan fingerprint density at radius 3 is 2.41 bits per heavy atom. The summed E-state index contributed by atoms with van der Waals surface area (Å²) < 4.78 is 38.9. The van der Waals surface area contributed by atoms with Crippen molar-refractivity contribution in [1.82, 2.24) is 5.32 Å². The number of carbonyl (C=O) groups is 2. The number of nitrogens with one attached hydrogen (secondary N) is 1. The van der Waals surface area contributed by atoms with Gasteiger partial charge < -0.3 is 5.32 Å². The number of hydrogen-bond donors (Lipinski definition) is 1. The third kappa shape index (κ3) is 4.07. The number of ketones is 1. The predicted molar refractivity (Wildman–Crippen MR) is 72.7 cm³/mol. The Labute approximate surface area is 125 Å². The molecule has 0 aromatic heterocycles. The maximum absolute atomic E-state index is 13.0. The number of nitrogens with zero attached hydrogens (tertiary/aromatic N) is 1. The van der Waals surface area contributed by atoms with Crippen LogP contribution < -0.4 is 5.32 Å². The fourth-order valence-corrected chi connectivity index (χ4v) is 2.14. The Morgan fingerprint density at radius 2 is 1.91 bits per heavy atom. The van der Waals surface area contributed by atoms with E-state index in [1.807, 2.05) is 0 Å². The quantitative estimate of drug-likeness (QED) is 0.850. The van der Waals surface area contributed by atoms with Crippen LogP contribution in [0.25, 0.3) is 0 Å². The minimum Gasteiger partial charge on any atom is -0.358 e. The lowest BCUT2D eigenvalue weighted by atomic mass is 9.88. The first-order valence-corrected chi connectivity index (χ1v) is 6.52. The van der Waals surface area contributed by atoms with Crippen molar-refractivity contribution in [3.63, 3.8) is 0 Å². The zero-order valence-electron chi connectivity index (χ0n) is 12.1. The molecule has 22 heavy (non-hydrogen) atoms. The minimum atomic E-state index is -4.52. The number of hydrogen-bond acceptors (Lipinski definition) is 3. The molecule has 7 heteroatoms. The van der Waals surface area contributed by atoms with E-state index in [4.69, 9.17) is 5.26 Å². The predicted octanol–water partition coefficient (Wildman–Crippen LogP) is 2.65. The van der Waals surface area contributed by atoms with Crippen molar-refractivity contribution < 1.29 is 22.8 Å². The lowest BCUT2D eigenvalue weighted by Crippen LogP contribution is -2.32. The Morgan fingerprint density at radius 1 is 1.32 bits per heavy atom. The highest BCUT2D eigenvalue weighted by Crippen LogP contribution is 2.36. The van der Waals surface area contributed by atoms with E-state index in [1.54, 1.807) is 6.07 Å². The second-order valence-corrected chi connectivity index (χ2v) is 4.83. The van der Waals surface area contributed by atoms with Gasteiger partial charge in [0.2, 0.25) is 5.91 Å². The monoisotopic (exact) mass is 312 g/mol. The van der Waals surface area contributed by atoms with Crippen LogP contribution in [0.1, 0.15) is 30.4 Å². The largest absolute Gasteiger partial charge is 0.416 e. The molecule has 0 bridgehead atoms. The SMILES string of the molecule is CNC(=O)[C@H](C#N)C(=O)C[C@@H](C)c1ccccc1C(F)(F)F. The molecule has 0 fully saturated rings. The van der Waals surface area contributed by atoms with Crippen LogP contribution in [-0.4, -0.2) is 18.7 Å². The normalized spacial score (nSPS) is 13.8. The third-order valence-electron chi connectivity index (χ3n) is 3.26. The van der Waals surface area contributed by atoms with E-state index in [2.05, 4.69) is 5.32 Å². The molecule has 0 aliphatic rings. The van der Waals surface area contributed by atoms with Crippen LogP contribution in [0.4, 0.5) is 13.2 Å². The number of rotatable bonds is 5. The van der Waals surface area contributed by atoms with Crippen LogP contribution in [0.5, 0.6) is 0 Å². The van der Waals surface area contributed by atoms with Crippen LogP contribution in [0.2, 0.25) is 0 Å². The zero-order valence-corrected chi connectivity index (χ0v) is 12.1. The molecule has 0 heterocycles. The fourth-order valence-electron chi connectivity index (χ4n) is 2.14. The standard InChI is InChI=1S/C15H15F3N2O2/c1-9(7-13(21)11(8-19)14(22)20-2)10-5-3-4-6-12(10)15(16,17)18/h3-6,9,11H,7H2,1-2H3,(H,20,22)/t9-,11-/m1/s1. The molecule has 4 nitrogen and oxygen atoms in total. The van der Waals surface area contributed by atoms with E-state index in [-0.39, 0.29) is 12.0 Å². The first-order valence-electron chi connectivity index (χ1n) is 6.52. The lowest BCUT2D eigenvalue weighted by Gasteiger charge is -2.18. The lowest BCUT2D eigenvalue weighted by molar-refractivity contribution is -0.139. The van der Waals surface area contributed by atoms with Crippen LogP contribution in [0.15, 0.2) is 24.3 Å². The molecule has 1 rings (SSSR count). The average Bonchev–Trinajstić information content (AvgIpc) is 2.46. The van der Waals surface area contributed by atoms with Crippen LogP contribution in [0, 0.1) is 17.2 Å². The number of halogens is 3. The number of Topliss-reactive ketones (excluding diaryl/α,β-unsaturated/α-hetero) is 1. The molecule has 1 aromatic rings. The molecule has 0 unspecified atom stereocenters. The molecule has 2 atom stereocenters. The number of amides is 1. The van der Waals surface area contributed by atoms with E-state index in [1.165, 1.54) is 32.2 Å². The fraction of sp³-hybridized carbons (Fsp3) is 0.400. The van der Waals surface area contributed by atoms with Gasteiger partial charge in [0.1, 0.15) is 0 Å². The van der Waals surface area contributed by atoms with Crippen molar-refractivity contribution in [2.24, 2.45) is 5.92 Å². The second kappa shape index (κ2) is 7.07. The molecule has 0 radical (unpaired) electrons. The summed E-state index contributed by atoms with van der Waals surface area (Å²) >= 11 is 0. The van der Waals surface area contributed by atoms with Gasteiger partial charge >= 0.3 is 6.18 Å². The molecule has 0 saturated heterocycles. The van der Waals surface area contributed by atoms with Gasteiger partial charge in [0.05, 0.1) is 11.6 Å². The molecule has 1 N–H and O–H groups in total. The van der Waals surface area contributed by atoms with Gasteiger partial charge in [0.25, 0.3) is 0 Å². The maximum Gasteiger partial charge on any atom is 0.416 e. The van der Waals surface area contributed by atoms with Crippen LogP contribution >= 0.6 is 0 Å². The van der Waals surface area contributed by atoms with E-state index in [0.29, 0.717) is 0 Å². The van der Waals surface area contributed by atoms with Gasteiger partial charge in [-0.1, -0.05) is 25.1 Å². The number of benzene rings is 1. The molecule has 1 aromatic carbocycles. The van der Waals surface area contributed by atoms with Crippen molar-refractivity contribution in [2.75, 3.05) is 7.05 Å². The summed E-state index contributed by atoms with van der Waals surface area (Å²) in [5.41, 5.74) is -0.847. The smallest absolute Gasteiger partial charge is 0.358 e. The number of nitriles is 1. The van der Waals surface area contributed by atoms with Gasteiger partial charge in [-0.25, -0.2) is 0 Å². The average molecular weight is 312 g/mol. The van der Waals surface area contributed by atoms with Crippen molar-refractivity contribution in [2.45, 2.75) is 25.4 Å². The van der Waals surface area contributed by atoms with Crippen molar-refractivity contribution in [1.29, 1.82) is 5.26 Å². The Kier molecular flexibility index (Phi) is 5.69. The summed E-state index contributed by atoms with van der Waals surface area (Å²) in [5.74, 6) is -3.73. The summed E-state index contributed by atoms with van der Waals surface area (Å²) in [5, 5.41) is 11.0. The Hall–Kier alpha value is -2.36. The summed E-state index contributed by atoms with van der Waals surface area (Å²) in [6.07, 6.45) is -4.85. The van der Waals surface area contributed by atoms with Gasteiger partial charge in [-0.15, -0.1) is 0 Å².